The highest BCUT2D eigenvalue weighted by Gasteiger charge is 2.22. The van der Waals surface area contributed by atoms with Gasteiger partial charge in [-0.25, -0.2) is 13.2 Å². The average molecular weight is 711 g/mol. The van der Waals surface area contributed by atoms with E-state index in [9.17, 15) is 18.3 Å². The summed E-state index contributed by atoms with van der Waals surface area (Å²) in [4.78, 5) is 12.1. The molecule has 250 valence electrons. The molecule has 0 amide bonds. The number of aromatic nitrogens is 1. The van der Waals surface area contributed by atoms with Gasteiger partial charge >= 0.3 is 5.97 Å². The summed E-state index contributed by atoms with van der Waals surface area (Å²) in [7, 11) is -3.64. The van der Waals surface area contributed by atoms with Crippen LogP contribution < -0.4 is 9.46 Å². The molecule has 0 saturated heterocycles. The van der Waals surface area contributed by atoms with E-state index in [0.29, 0.717) is 25.2 Å². The van der Waals surface area contributed by atoms with Crippen LogP contribution in [0.15, 0.2) is 145 Å². The SMILES string of the molecule is O=C(O)c1ccc(OCCc2cn(C(c3ccccc3)c3ccccc3)c3ccc(CC(Cl)NS(=O)(=O)CSc4ccccc4)cc23)cc1. The average Bonchev–Trinajstić information content (AvgIpc) is 3.46. The second-order valence-electron chi connectivity index (χ2n) is 11.5. The Morgan fingerprint density at radius 3 is 2.06 bits per heavy atom. The van der Waals surface area contributed by atoms with E-state index in [1.807, 2.05) is 72.8 Å². The van der Waals surface area contributed by atoms with Crippen LogP contribution in [0.5, 0.6) is 5.75 Å². The Balaban J connectivity index is 1.28. The van der Waals surface area contributed by atoms with Crippen molar-refractivity contribution in [2.45, 2.75) is 29.3 Å². The van der Waals surface area contributed by atoms with Crippen molar-refractivity contribution in [2.75, 3.05) is 11.7 Å². The minimum Gasteiger partial charge on any atom is -0.493 e. The molecule has 5 aromatic carbocycles. The largest absolute Gasteiger partial charge is 0.493 e. The quantitative estimate of drug-likeness (QED) is 0.0632. The van der Waals surface area contributed by atoms with Crippen molar-refractivity contribution < 1.29 is 23.1 Å². The summed E-state index contributed by atoms with van der Waals surface area (Å²) in [6.45, 7) is 0.369. The second-order valence-corrected chi connectivity index (χ2v) is 15.2. The van der Waals surface area contributed by atoms with Crippen LogP contribution in [0, 0.1) is 0 Å². The van der Waals surface area contributed by atoms with Gasteiger partial charge in [0.15, 0.2) is 0 Å². The topological polar surface area (TPSA) is 97.6 Å². The number of benzene rings is 5. The standard InChI is InChI=1S/C39H35ClN2O5S2/c40-37(41-49(45,46)27-48-34-14-8-3-9-15-34)25-28-16-21-36-35(24-28)32(22-23-47-33-19-17-31(18-20-33)39(43)44)26-42(36)38(29-10-4-1-5-11-29)30-12-6-2-7-13-30/h1-21,24,26,37-38,41H,22-23,25,27H2,(H,43,44). The molecule has 49 heavy (non-hydrogen) atoms. The molecule has 0 radical (unpaired) electrons. The number of halogens is 1. The third-order valence-electron chi connectivity index (χ3n) is 8.08. The number of carboxylic acids is 1. The zero-order valence-electron chi connectivity index (χ0n) is 26.5. The number of rotatable bonds is 15. The molecule has 0 saturated carbocycles. The van der Waals surface area contributed by atoms with Gasteiger partial charge in [-0.15, -0.1) is 23.4 Å². The van der Waals surface area contributed by atoms with E-state index in [4.69, 9.17) is 16.3 Å². The van der Waals surface area contributed by atoms with E-state index in [0.717, 1.165) is 38.1 Å². The minimum atomic E-state index is -3.64. The van der Waals surface area contributed by atoms with Gasteiger partial charge in [0.05, 0.1) is 18.2 Å². The lowest BCUT2D eigenvalue weighted by atomic mass is 9.98. The first-order valence-corrected chi connectivity index (χ1v) is 18.8. The van der Waals surface area contributed by atoms with Crippen molar-refractivity contribution in [2.24, 2.45) is 0 Å². The van der Waals surface area contributed by atoms with Crippen LogP contribution in [-0.4, -0.2) is 41.3 Å². The number of carboxylic acid groups (broad SMARTS) is 1. The Morgan fingerprint density at radius 1 is 0.837 bits per heavy atom. The monoisotopic (exact) mass is 710 g/mol. The minimum absolute atomic E-state index is 0.0938. The third-order valence-corrected chi connectivity index (χ3v) is 11.4. The molecular formula is C39H35ClN2O5S2. The smallest absolute Gasteiger partial charge is 0.335 e. The zero-order valence-corrected chi connectivity index (χ0v) is 28.9. The highest BCUT2D eigenvalue weighted by Crippen LogP contribution is 2.34. The Morgan fingerprint density at radius 2 is 1.45 bits per heavy atom. The van der Waals surface area contributed by atoms with Crippen molar-refractivity contribution in [3.63, 3.8) is 0 Å². The summed E-state index contributed by atoms with van der Waals surface area (Å²) in [6, 6.07) is 42.5. The molecule has 0 aliphatic rings. The summed E-state index contributed by atoms with van der Waals surface area (Å²) in [6.07, 6.45) is 3.04. The van der Waals surface area contributed by atoms with E-state index in [1.54, 1.807) is 12.1 Å². The van der Waals surface area contributed by atoms with E-state index in [2.05, 4.69) is 51.9 Å². The Hall–Kier alpha value is -4.54. The number of fused-ring (bicyclic) bond motifs is 1. The summed E-state index contributed by atoms with van der Waals surface area (Å²) >= 11 is 7.85. The fourth-order valence-electron chi connectivity index (χ4n) is 5.81. The molecule has 6 aromatic rings. The molecule has 1 unspecified atom stereocenters. The van der Waals surface area contributed by atoms with E-state index in [1.165, 1.54) is 23.9 Å². The first-order chi connectivity index (χ1) is 23.8. The molecule has 0 spiro atoms. The molecule has 7 nitrogen and oxygen atoms in total. The molecule has 1 aromatic heterocycles. The van der Waals surface area contributed by atoms with Crippen molar-refractivity contribution in [3.8, 4) is 5.75 Å². The highest BCUT2D eigenvalue weighted by atomic mass is 35.5. The highest BCUT2D eigenvalue weighted by molar-refractivity contribution is 8.11. The number of nitrogens with one attached hydrogen (secondary N) is 1. The number of alkyl halides is 1. The maximum Gasteiger partial charge on any atom is 0.335 e. The fraction of sp³-hybridized carbons (Fsp3) is 0.154. The summed E-state index contributed by atoms with van der Waals surface area (Å²) in [5.41, 5.74) is 4.62. The maximum atomic E-state index is 12.8. The molecule has 0 aliphatic carbocycles. The molecule has 6 rings (SSSR count). The first-order valence-electron chi connectivity index (χ1n) is 15.8. The van der Waals surface area contributed by atoms with Crippen molar-refractivity contribution in [1.29, 1.82) is 0 Å². The van der Waals surface area contributed by atoms with Crippen molar-refractivity contribution in [1.82, 2.24) is 9.29 Å². The molecule has 0 bridgehead atoms. The van der Waals surface area contributed by atoms with Gasteiger partial charge in [0, 0.05) is 34.8 Å². The second kappa shape index (κ2) is 15.8. The predicted octanol–water partition coefficient (Wildman–Crippen LogP) is 8.38. The molecular weight excluding hydrogens is 676 g/mol. The number of hydrogen-bond acceptors (Lipinski definition) is 5. The summed E-state index contributed by atoms with van der Waals surface area (Å²) in [5.74, 6) is -0.400. The molecule has 0 aliphatic heterocycles. The third kappa shape index (κ3) is 8.93. The molecule has 0 fully saturated rings. The van der Waals surface area contributed by atoms with Gasteiger partial charge in [-0.05, 0) is 70.8 Å². The van der Waals surface area contributed by atoms with E-state index >= 15 is 0 Å². The molecule has 10 heteroatoms. The van der Waals surface area contributed by atoms with Gasteiger partial charge in [0.25, 0.3) is 0 Å². The number of ether oxygens (including phenoxy) is 1. The first kappa shape index (κ1) is 34.3. The van der Waals surface area contributed by atoms with Gasteiger partial charge < -0.3 is 14.4 Å². The summed E-state index contributed by atoms with van der Waals surface area (Å²) in [5, 5.41) is 10.1. The van der Waals surface area contributed by atoms with E-state index in [-0.39, 0.29) is 16.7 Å². The number of nitrogens with zero attached hydrogens (tertiary/aromatic N) is 1. The fourth-order valence-corrected chi connectivity index (χ4v) is 8.65. The summed E-state index contributed by atoms with van der Waals surface area (Å²) < 4.78 is 36.6. The van der Waals surface area contributed by atoms with Crippen LogP contribution in [-0.2, 0) is 22.9 Å². The van der Waals surface area contributed by atoms with E-state index < -0.39 is 21.5 Å². The van der Waals surface area contributed by atoms with Crippen LogP contribution in [0.4, 0.5) is 0 Å². The molecule has 1 atom stereocenters. The van der Waals surface area contributed by atoms with Crippen molar-refractivity contribution >= 4 is 50.3 Å². The number of thioether (sulfide) groups is 1. The lowest BCUT2D eigenvalue weighted by Gasteiger charge is -2.22. The van der Waals surface area contributed by atoms with Crippen LogP contribution >= 0.6 is 23.4 Å². The Labute approximate surface area is 295 Å². The van der Waals surface area contributed by atoms with Crippen molar-refractivity contribution in [3.05, 3.63) is 167 Å². The van der Waals surface area contributed by atoms with Crippen LogP contribution in [0.1, 0.15) is 38.7 Å². The van der Waals surface area contributed by atoms with Crippen LogP contribution in [0.2, 0.25) is 0 Å². The van der Waals surface area contributed by atoms with Gasteiger partial charge in [-0.3, -0.25) is 0 Å². The normalized spacial score (nSPS) is 12.3. The van der Waals surface area contributed by atoms with Gasteiger partial charge in [0.2, 0.25) is 10.0 Å². The molecule has 1 heterocycles. The number of carbonyl (C=O) groups is 1. The Kier molecular flexibility index (Phi) is 11.1. The Bertz CT molecular complexity index is 2070. The lowest BCUT2D eigenvalue weighted by Crippen LogP contribution is -2.33. The number of hydrogen-bond donors (Lipinski definition) is 2. The van der Waals surface area contributed by atoms with Crippen LogP contribution in [0.25, 0.3) is 10.9 Å². The number of aromatic carboxylic acids is 1. The van der Waals surface area contributed by atoms with Crippen LogP contribution in [0.3, 0.4) is 0 Å². The van der Waals surface area contributed by atoms with Gasteiger partial charge in [0.1, 0.15) is 16.3 Å². The predicted molar refractivity (Wildman–Crippen MR) is 197 cm³/mol. The lowest BCUT2D eigenvalue weighted by molar-refractivity contribution is 0.0697. The van der Waals surface area contributed by atoms with Gasteiger partial charge in [-0.2, -0.15) is 4.72 Å². The van der Waals surface area contributed by atoms with Gasteiger partial charge in [-0.1, -0.05) is 84.9 Å². The number of sulfonamides is 1. The zero-order chi connectivity index (χ0) is 34.2. The maximum absolute atomic E-state index is 12.8. The molecule has 2 N–H and O–H groups in total.